The van der Waals surface area contributed by atoms with Crippen molar-refractivity contribution in [2.75, 3.05) is 34.9 Å². The van der Waals surface area contributed by atoms with Gasteiger partial charge in [-0.05, 0) is 12.1 Å². The number of hydrogen-bond donors (Lipinski definition) is 4. The van der Waals surface area contributed by atoms with Gasteiger partial charge >= 0.3 is 6.18 Å². The Morgan fingerprint density at radius 2 is 2.04 bits per heavy atom. The summed E-state index contributed by atoms with van der Waals surface area (Å²) in [5.74, 6) is -1.08. The summed E-state index contributed by atoms with van der Waals surface area (Å²) in [4.78, 5) is 7.44. The first-order chi connectivity index (χ1) is 12.5. The summed E-state index contributed by atoms with van der Waals surface area (Å²) < 4.78 is 61.8. The lowest BCUT2D eigenvalue weighted by atomic mass is 10.1. The Morgan fingerprint density at radius 3 is 2.63 bits per heavy atom. The van der Waals surface area contributed by atoms with Crippen LogP contribution in [0.15, 0.2) is 24.4 Å². The number of rotatable bonds is 7. The minimum absolute atomic E-state index is 0.168. The summed E-state index contributed by atoms with van der Waals surface area (Å²) in [6.07, 6.45) is -2.16. The van der Waals surface area contributed by atoms with Crippen molar-refractivity contribution in [3.8, 4) is 0 Å². The zero-order chi connectivity index (χ0) is 20.2. The van der Waals surface area contributed by atoms with Crippen LogP contribution in [0.2, 0.25) is 0 Å². The van der Waals surface area contributed by atoms with Crippen LogP contribution in [-0.4, -0.2) is 43.2 Å². The summed E-state index contributed by atoms with van der Waals surface area (Å²) in [6.45, 7) is -0.248. The Bertz CT molecular complexity index is 947. The van der Waals surface area contributed by atoms with E-state index in [0.717, 1.165) is 12.5 Å². The maximum atomic E-state index is 13.1. The number of sulfone groups is 1. The lowest BCUT2D eigenvalue weighted by Crippen LogP contribution is -2.19. The molecule has 0 radical (unpaired) electrons. The van der Waals surface area contributed by atoms with Crippen molar-refractivity contribution < 1.29 is 21.6 Å². The van der Waals surface area contributed by atoms with Crippen LogP contribution in [0.25, 0.3) is 0 Å². The van der Waals surface area contributed by atoms with E-state index in [4.69, 9.17) is 11.1 Å². The molecule has 0 amide bonds. The van der Waals surface area contributed by atoms with Crippen LogP contribution >= 0.6 is 0 Å². The standard InChI is InChI=1S/C15H17F3N6O2S/c1-27(25,26)6-5-21-13-10(15(16,17)18)8-22-14(24-13)23-12-4-2-3-11(20)9(12)7-19/h2-4,7-8,19H,5-6,20H2,1H3,(H2,21,22,23,24). The monoisotopic (exact) mass is 402 g/mol. The van der Waals surface area contributed by atoms with Gasteiger partial charge in [0.15, 0.2) is 0 Å². The molecule has 0 aliphatic carbocycles. The SMILES string of the molecule is CS(=O)(=O)CCNc1nc(Nc2cccc(N)c2C=N)ncc1C(F)(F)F. The molecule has 1 aromatic carbocycles. The molecule has 0 fully saturated rings. The maximum absolute atomic E-state index is 13.1. The van der Waals surface area contributed by atoms with Crippen LogP contribution in [0.4, 0.5) is 36.3 Å². The number of alkyl halides is 3. The molecule has 0 saturated heterocycles. The number of halogens is 3. The van der Waals surface area contributed by atoms with Crippen molar-refractivity contribution in [2.24, 2.45) is 0 Å². The molecule has 0 atom stereocenters. The average Bonchev–Trinajstić information content (AvgIpc) is 2.53. The normalized spacial score (nSPS) is 11.9. The maximum Gasteiger partial charge on any atom is 0.421 e. The van der Waals surface area contributed by atoms with Crippen LogP contribution in [-0.2, 0) is 16.0 Å². The highest BCUT2D eigenvalue weighted by molar-refractivity contribution is 7.90. The predicted molar refractivity (Wildman–Crippen MR) is 97.3 cm³/mol. The number of anilines is 4. The quantitative estimate of drug-likeness (QED) is 0.412. The zero-order valence-corrected chi connectivity index (χ0v) is 14.9. The Kier molecular flexibility index (Phi) is 5.88. The lowest BCUT2D eigenvalue weighted by Gasteiger charge is -2.15. The van der Waals surface area contributed by atoms with Gasteiger partial charge in [0.2, 0.25) is 5.95 Å². The van der Waals surface area contributed by atoms with Crippen molar-refractivity contribution in [1.29, 1.82) is 5.41 Å². The smallest absolute Gasteiger partial charge is 0.398 e. The fourth-order valence-corrected chi connectivity index (χ4v) is 2.59. The van der Waals surface area contributed by atoms with Gasteiger partial charge in [0, 0.05) is 36.5 Å². The van der Waals surface area contributed by atoms with E-state index in [1.54, 1.807) is 18.2 Å². The van der Waals surface area contributed by atoms with Crippen LogP contribution in [0.5, 0.6) is 0 Å². The third kappa shape index (κ3) is 5.54. The second-order valence-corrected chi connectivity index (χ2v) is 7.85. The second kappa shape index (κ2) is 7.78. The molecule has 0 spiro atoms. The molecule has 0 unspecified atom stereocenters. The van der Waals surface area contributed by atoms with E-state index in [1.165, 1.54) is 0 Å². The third-order valence-corrected chi connectivity index (χ3v) is 4.34. The van der Waals surface area contributed by atoms with E-state index in [9.17, 15) is 21.6 Å². The fourth-order valence-electron chi connectivity index (χ4n) is 2.11. The summed E-state index contributed by atoms with van der Waals surface area (Å²) in [7, 11) is -3.36. The molecule has 0 bridgehead atoms. The average molecular weight is 402 g/mol. The summed E-state index contributed by atoms with van der Waals surface area (Å²) >= 11 is 0. The highest BCUT2D eigenvalue weighted by Crippen LogP contribution is 2.34. The number of nitrogen functional groups attached to an aromatic ring is 1. The zero-order valence-electron chi connectivity index (χ0n) is 14.1. The van der Waals surface area contributed by atoms with Crippen molar-refractivity contribution >= 4 is 39.2 Å². The van der Waals surface area contributed by atoms with Gasteiger partial charge in [-0.1, -0.05) is 6.07 Å². The summed E-state index contributed by atoms with van der Waals surface area (Å²) in [5, 5.41) is 12.5. The highest BCUT2D eigenvalue weighted by atomic mass is 32.2. The van der Waals surface area contributed by atoms with Crippen molar-refractivity contribution in [3.05, 3.63) is 35.5 Å². The van der Waals surface area contributed by atoms with E-state index >= 15 is 0 Å². The number of nitrogens with one attached hydrogen (secondary N) is 3. The van der Waals surface area contributed by atoms with Crippen molar-refractivity contribution in [1.82, 2.24) is 9.97 Å². The van der Waals surface area contributed by atoms with Gasteiger partial charge in [0.05, 0.1) is 11.4 Å². The molecule has 146 valence electrons. The van der Waals surface area contributed by atoms with E-state index in [2.05, 4.69) is 20.6 Å². The Balaban J connectivity index is 2.35. The van der Waals surface area contributed by atoms with Gasteiger partial charge in [-0.3, -0.25) is 0 Å². The molecule has 27 heavy (non-hydrogen) atoms. The third-order valence-electron chi connectivity index (χ3n) is 3.39. The first-order valence-corrected chi connectivity index (χ1v) is 9.59. The predicted octanol–water partition coefficient (Wildman–Crippen LogP) is 2.28. The van der Waals surface area contributed by atoms with E-state index < -0.39 is 27.4 Å². The Labute approximate surface area is 153 Å². The molecule has 1 aromatic heterocycles. The Morgan fingerprint density at radius 1 is 1.33 bits per heavy atom. The molecular formula is C15H17F3N6O2S. The van der Waals surface area contributed by atoms with E-state index in [0.29, 0.717) is 23.1 Å². The summed E-state index contributed by atoms with van der Waals surface area (Å²) in [5.41, 5.74) is 5.59. The van der Waals surface area contributed by atoms with Crippen LogP contribution < -0.4 is 16.4 Å². The molecule has 0 saturated carbocycles. The number of benzene rings is 1. The van der Waals surface area contributed by atoms with Gasteiger partial charge < -0.3 is 21.8 Å². The van der Waals surface area contributed by atoms with Gasteiger partial charge in [-0.2, -0.15) is 18.2 Å². The largest absolute Gasteiger partial charge is 0.421 e. The number of aromatic nitrogens is 2. The molecular weight excluding hydrogens is 385 g/mol. The van der Waals surface area contributed by atoms with Gasteiger partial charge in [0.25, 0.3) is 0 Å². The highest BCUT2D eigenvalue weighted by Gasteiger charge is 2.35. The molecule has 2 aromatic rings. The minimum Gasteiger partial charge on any atom is -0.398 e. The molecule has 12 heteroatoms. The van der Waals surface area contributed by atoms with Crippen LogP contribution in [0, 0.1) is 5.41 Å². The second-order valence-electron chi connectivity index (χ2n) is 5.59. The van der Waals surface area contributed by atoms with Crippen molar-refractivity contribution in [2.45, 2.75) is 6.18 Å². The number of hydrogen-bond acceptors (Lipinski definition) is 8. The van der Waals surface area contributed by atoms with Crippen LogP contribution in [0.1, 0.15) is 11.1 Å². The first-order valence-electron chi connectivity index (χ1n) is 7.53. The first kappa shape index (κ1) is 20.4. The van der Waals surface area contributed by atoms with Gasteiger partial charge in [-0.15, -0.1) is 0 Å². The molecule has 2 rings (SSSR count). The van der Waals surface area contributed by atoms with Gasteiger partial charge in [0.1, 0.15) is 21.2 Å². The molecule has 1 heterocycles. The van der Waals surface area contributed by atoms with E-state index in [-0.39, 0.29) is 18.2 Å². The van der Waals surface area contributed by atoms with Crippen molar-refractivity contribution in [3.63, 3.8) is 0 Å². The molecule has 5 N–H and O–H groups in total. The molecule has 0 aliphatic rings. The molecule has 0 aliphatic heterocycles. The Hall–Kier alpha value is -2.89. The van der Waals surface area contributed by atoms with E-state index in [1.807, 2.05) is 0 Å². The minimum atomic E-state index is -4.72. The van der Waals surface area contributed by atoms with Gasteiger partial charge in [-0.25, -0.2) is 13.4 Å². The topological polar surface area (TPSA) is 134 Å². The number of nitrogens with zero attached hydrogens (tertiary/aromatic N) is 2. The van der Waals surface area contributed by atoms with Crippen LogP contribution in [0.3, 0.4) is 0 Å². The lowest BCUT2D eigenvalue weighted by molar-refractivity contribution is -0.137. The summed E-state index contributed by atoms with van der Waals surface area (Å²) in [6, 6.07) is 4.73. The number of nitrogens with two attached hydrogens (primary N) is 1. The fraction of sp³-hybridized carbons (Fsp3) is 0.267. The molecule has 8 nitrogen and oxygen atoms in total.